The van der Waals surface area contributed by atoms with E-state index in [2.05, 4.69) is 5.32 Å². The summed E-state index contributed by atoms with van der Waals surface area (Å²) in [6.07, 6.45) is 0.552. The normalized spacial score (nSPS) is 21.9. The van der Waals surface area contributed by atoms with Crippen molar-refractivity contribution in [3.05, 3.63) is 35.6 Å². The maximum atomic E-state index is 12.7. The molecule has 1 unspecified atom stereocenters. The highest BCUT2D eigenvalue weighted by Gasteiger charge is 2.32. The Labute approximate surface area is 121 Å². The maximum Gasteiger partial charge on any atom is 0.230 e. The number of aliphatic hydroxyl groups is 1. The largest absolute Gasteiger partial charge is 0.386 e. The van der Waals surface area contributed by atoms with E-state index in [1.165, 1.54) is 23.9 Å². The second kappa shape index (κ2) is 7.06. The highest BCUT2D eigenvalue weighted by Crippen LogP contribution is 2.17. The van der Waals surface area contributed by atoms with Gasteiger partial charge in [0.05, 0.1) is 12.4 Å². The smallest absolute Gasteiger partial charge is 0.230 e. The van der Waals surface area contributed by atoms with Gasteiger partial charge in [0.15, 0.2) is 0 Å². The van der Waals surface area contributed by atoms with E-state index in [4.69, 9.17) is 4.74 Å². The summed E-state index contributed by atoms with van der Waals surface area (Å²) in [4.78, 5) is 11.6. The number of carbonyl (C=O) groups excluding carboxylic acids is 1. The lowest BCUT2D eigenvalue weighted by Gasteiger charge is -2.20. The lowest BCUT2D eigenvalue weighted by atomic mass is 10.0. The van der Waals surface area contributed by atoms with Crippen LogP contribution in [0.15, 0.2) is 24.3 Å². The molecular formula is C14H18FNO3S. The highest BCUT2D eigenvalue weighted by molar-refractivity contribution is 7.99. The van der Waals surface area contributed by atoms with Gasteiger partial charge >= 0.3 is 0 Å². The van der Waals surface area contributed by atoms with Gasteiger partial charge in [-0.2, -0.15) is 0 Å². The Morgan fingerprint density at radius 2 is 2.20 bits per heavy atom. The highest BCUT2D eigenvalue weighted by atomic mass is 32.2. The Balaban J connectivity index is 1.64. The van der Waals surface area contributed by atoms with E-state index in [0.29, 0.717) is 24.5 Å². The van der Waals surface area contributed by atoms with Gasteiger partial charge in [0.1, 0.15) is 11.4 Å². The summed E-state index contributed by atoms with van der Waals surface area (Å²) < 4.78 is 17.8. The lowest BCUT2D eigenvalue weighted by molar-refractivity contribution is -0.119. The summed E-state index contributed by atoms with van der Waals surface area (Å²) >= 11 is 1.45. The van der Waals surface area contributed by atoms with Crippen LogP contribution >= 0.6 is 11.8 Å². The Morgan fingerprint density at radius 1 is 1.45 bits per heavy atom. The van der Waals surface area contributed by atoms with Crippen LogP contribution in [0.5, 0.6) is 0 Å². The van der Waals surface area contributed by atoms with E-state index in [1.807, 2.05) is 0 Å². The molecule has 0 aliphatic carbocycles. The van der Waals surface area contributed by atoms with Crippen LogP contribution in [0.25, 0.3) is 0 Å². The van der Waals surface area contributed by atoms with E-state index in [9.17, 15) is 14.3 Å². The van der Waals surface area contributed by atoms with Gasteiger partial charge in [-0.25, -0.2) is 4.39 Å². The second-order valence-corrected chi connectivity index (χ2v) is 5.91. The summed E-state index contributed by atoms with van der Waals surface area (Å²) in [5.41, 5.74) is 0.0594. The monoisotopic (exact) mass is 299 g/mol. The van der Waals surface area contributed by atoms with Crippen LogP contribution < -0.4 is 5.32 Å². The van der Waals surface area contributed by atoms with Crippen molar-refractivity contribution in [2.75, 3.05) is 25.5 Å². The summed E-state index contributed by atoms with van der Waals surface area (Å²) in [6, 6.07) is 6.23. The lowest BCUT2D eigenvalue weighted by Crippen LogP contribution is -2.43. The number of amides is 1. The fourth-order valence-electron chi connectivity index (χ4n) is 1.89. The van der Waals surface area contributed by atoms with Crippen molar-refractivity contribution in [3.8, 4) is 0 Å². The summed E-state index contributed by atoms with van der Waals surface area (Å²) in [5.74, 6) is 0.594. The van der Waals surface area contributed by atoms with Crippen molar-refractivity contribution >= 4 is 17.7 Å². The number of thioether (sulfide) groups is 1. The zero-order chi connectivity index (χ0) is 14.4. The molecule has 1 aromatic carbocycles. The molecule has 110 valence electrons. The molecule has 1 aliphatic heterocycles. The molecule has 1 fully saturated rings. The van der Waals surface area contributed by atoms with Gasteiger partial charge in [0, 0.05) is 25.3 Å². The third-order valence-corrected chi connectivity index (χ3v) is 4.12. The minimum Gasteiger partial charge on any atom is -0.386 e. The minimum absolute atomic E-state index is 0.113. The van der Waals surface area contributed by atoms with E-state index in [0.717, 1.165) is 5.56 Å². The average Bonchev–Trinajstić information content (AvgIpc) is 2.86. The Kier molecular flexibility index (Phi) is 5.39. The molecule has 1 aliphatic rings. The predicted octanol–water partition coefficient (Wildman–Crippen LogP) is 1.33. The SMILES string of the molecule is O=C(CSCc1ccc(F)cc1)NCC1(O)CCOC1. The van der Waals surface area contributed by atoms with Crippen LogP contribution in [0.4, 0.5) is 4.39 Å². The average molecular weight is 299 g/mol. The number of ether oxygens (including phenoxy) is 1. The van der Waals surface area contributed by atoms with Crippen molar-refractivity contribution in [1.29, 1.82) is 0 Å². The summed E-state index contributed by atoms with van der Waals surface area (Å²) in [5, 5.41) is 12.7. The van der Waals surface area contributed by atoms with E-state index < -0.39 is 5.60 Å². The molecule has 0 aromatic heterocycles. The maximum absolute atomic E-state index is 12.7. The molecule has 6 heteroatoms. The van der Waals surface area contributed by atoms with Crippen LogP contribution in [-0.2, 0) is 15.3 Å². The molecule has 0 radical (unpaired) electrons. The Morgan fingerprint density at radius 3 is 2.85 bits per heavy atom. The van der Waals surface area contributed by atoms with Crippen molar-refractivity contribution in [2.24, 2.45) is 0 Å². The molecule has 1 atom stereocenters. The number of carbonyl (C=O) groups is 1. The van der Waals surface area contributed by atoms with Gasteiger partial charge in [-0.3, -0.25) is 4.79 Å². The van der Waals surface area contributed by atoms with E-state index in [1.54, 1.807) is 12.1 Å². The van der Waals surface area contributed by atoms with Crippen LogP contribution in [0.2, 0.25) is 0 Å². The first-order valence-electron chi connectivity index (χ1n) is 6.46. The van der Waals surface area contributed by atoms with Crippen LogP contribution in [0.1, 0.15) is 12.0 Å². The molecule has 20 heavy (non-hydrogen) atoms. The van der Waals surface area contributed by atoms with Crippen LogP contribution in [-0.4, -0.2) is 42.1 Å². The molecule has 0 saturated carbocycles. The molecule has 1 saturated heterocycles. The Bertz CT molecular complexity index is 446. The fraction of sp³-hybridized carbons (Fsp3) is 0.500. The molecule has 0 bridgehead atoms. The molecule has 2 N–H and O–H groups in total. The third kappa shape index (κ3) is 4.77. The predicted molar refractivity (Wildman–Crippen MR) is 76.0 cm³/mol. The quantitative estimate of drug-likeness (QED) is 0.832. The number of benzene rings is 1. The standard InChI is InChI=1S/C14H18FNO3S/c15-12-3-1-11(2-4-12)7-20-8-13(17)16-9-14(18)5-6-19-10-14/h1-4,18H,5-10H2,(H,16,17). The molecule has 4 nitrogen and oxygen atoms in total. The van der Waals surface area contributed by atoms with Gasteiger partial charge in [0.25, 0.3) is 0 Å². The molecule has 1 heterocycles. The first kappa shape index (κ1) is 15.3. The van der Waals surface area contributed by atoms with Crippen molar-refractivity contribution in [2.45, 2.75) is 17.8 Å². The molecule has 1 aromatic rings. The second-order valence-electron chi connectivity index (χ2n) is 4.92. The molecule has 0 spiro atoms. The first-order chi connectivity index (χ1) is 9.57. The molecular weight excluding hydrogens is 281 g/mol. The summed E-state index contributed by atoms with van der Waals surface area (Å²) in [7, 11) is 0. The molecule has 1 amide bonds. The third-order valence-electron chi connectivity index (χ3n) is 3.11. The first-order valence-corrected chi connectivity index (χ1v) is 7.62. The topological polar surface area (TPSA) is 58.6 Å². The van der Waals surface area contributed by atoms with Crippen molar-refractivity contribution < 1.29 is 19.0 Å². The van der Waals surface area contributed by atoms with Gasteiger partial charge < -0.3 is 15.2 Å². The zero-order valence-corrected chi connectivity index (χ0v) is 11.9. The van der Waals surface area contributed by atoms with Crippen LogP contribution in [0.3, 0.4) is 0 Å². The summed E-state index contributed by atoms with van der Waals surface area (Å²) in [6.45, 7) is 1.03. The number of hydrogen-bond donors (Lipinski definition) is 2. The van der Waals surface area contributed by atoms with Gasteiger partial charge in [0.2, 0.25) is 5.91 Å². The van der Waals surface area contributed by atoms with Gasteiger partial charge in [-0.15, -0.1) is 11.8 Å². The van der Waals surface area contributed by atoms with Crippen molar-refractivity contribution in [3.63, 3.8) is 0 Å². The number of nitrogens with one attached hydrogen (secondary N) is 1. The number of hydrogen-bond acceptors (Lipinski definition) is 4. The fourth-order valence-corrected chi connectivity index (χ4v) is 2.71. The van der Waals surface area contributed by atoms with Gasteiger partial charge in [-0.05, 0) is 17.7 Å². The number of halogens is 1. The van der Waals surface area contributed by atoms with Gasteiger partial charge in [-0.1, -0.05) is 12.1 Å². The minimum atomic E-state index is -0.919. The molecule has 2 rings (SSSR count). The Hall–Kier alpha value is -1.11. The van der Waals surface area contributed by atoms with E-state index in [-0.39, 0.29) is 24.9 Å². The zero-order valence-electron chi connectivity index (χ0n) is 11.1. The van der Waals surface area contributed by atoms with E-state index >= 15 is 0 Å². The number of rotatable bonds is 6. The van der Waals surface area contributed by atoms with Crippen LogP contribution in [0, 0.1) is 5.82 Å². The van der Waals surface area contributed by atoms with Crippen molar-refractivity contribution in [1.82, 2.24) is 5.32 Å².